The third kappa shape index (κ3) is 3.57. The molecule has 0 saturated carbocycles. The second kappa shape index (κ2) is 6.66. The quantitative estimate of drug-likeness (QED) is 0.932. The van der Waals surface area contributed by atoms with Crippen molar-refractivity contribution in [3.8, 4) is 5.75 Å². The molecular formula is C14H18Cl2N2O2. The van der Waals surface area contributed by atoms with E-state index in [2.05, 4.69) is 0 Å². The Bertz CT molecular complexity index is 488. The average molecular weight is 317 g/mol. The van der Waals surface area contributed by atoms with Crippen LogP contribution in [0.4, 0.5) is 0 Å². The van der Waals surface area contributed by atoms with E-state index in [1.807, 2.05) is 0 Å². The average Bonchev–Trinajstić information content (AvgIpc) is 2.44. The summed E-state index contributed by atoms with van der Waals surface area (Å²) in [5.74, 6) is 0.377. The lowest BCUT2D eigenvalue weighted by atomic mass is 10.1. The van der Waals surface area contributed by atoms with Crippen LogP contribution in [0.5, 0.6) is 5.75 Å². The SMILES string of the molecule is C[C@@H](Oc1cccc(Cl)c1Cl)C(=O)N1CCC(N)CC1. The van der Waals surface area contributed by atoms with Gasteiger partial charge in [-0.2, -0.15) is 0 Å². The second-order valence-electron chi connectivity index (χ2n) is 4.97. The van der Waals surface area contributed by atoms with Crippen LogP contribution in [-0.4, -0.2) is 36.0 Å². The Morgan fingerprint density at radius 3 is 2.70 bits per heavy atom. The summed E-state index contributed by atoms with van der Waals surface area (Å²) in [5.41, 5.74) is 5.83. The Balaban J connectivity index is 1.99. The van der Waals surface area contributed by atoms with Crippen molar-refractivity contribution in [2.75, 3.05) is 13.1 Å². The standard InChI is InChI=1S/C14H18Cl2N2O2/c1-9(14(19)18-7-5-10(17)6-8-18)20-12-4-2-3-11(15)13(12)16/h2-4,9-10H,5-8,17H2,1H3/t9-/m1/s1. The summed E-state index contributed by atoms with van der Waals surface area (Å²) < 4.78 is 5.63. The highest BCUT2D eigenvalue weighted by atomic mass is 35.5. The van der Waals surface area contributed by atoms with Crippen molar-refractivity contribution in [3.05, 3.63) is 28.2 Å². The molecule has 1 aliphatic rings. The zero-order valence-electron chi connectivity index (χ0n) is 11.3. The third-order valence-electron chi connectivity index (χ3n) is 3.42. The normalized spacial score (nSPS) is 17.9. The molecule has 6 heteroatoms. The lowest BCUT2D eigenvalue weighted by molar-refractivity contribution is -0.139. The maximum absolute atomic E-state index is 12.3. The molecular weight excluding hydrogens is 299 g/mol. The zero-order valence-corrected chi connectivity index (χ0v) is 12.8. The first-order valence-electron chi connectivity index (χ1n) is 6.64. The summed E-state index contributed by atoms with van der Waals surface area (Å²) in [7, 11) is 0. The van der Waals surface area contributed by atoms with Crippen molar-refractivity contribution in [2.24, 2.45) is 5.73 Å². The van der Waals surface area contributed by atoms with E-state index in [9.17, 15) is 4.79 Å². The van der Waals surface area contributed by atoms with Crippen molar-refractivity contribution in [3.63, 3.8) is 0 Å². The Labute approximate surface area is 128 Å². The van der Waals surface area contributed by atoms with E-state index in [0.29, 0.717) is 28.9 Å². The van der Waals surface area contributed by atoms with Gasteiger partial charge in [-0.05, 0) is 31.9 Å². The van der Waals surface area contributed by atoms with Crippen LogP contribution in [0, 0.1) is 0 Å². The predicted molar refractivity (Wildman–Crippen MR) is 80.3 cm³/mol. The van der Waals surface area contributed by atoms with Crippen LogP contribution in [0.3, 0.4) is 0 Å². The number of nitrogens with zero attached hydrogens (tertiary/aromatic N) is 1. The number of hydrogen-bond acceptors (Lipinski definition) is 3. The van der Waals surface area contributed by atoms with Crippen LogP contribution in [-0.2, 0) is 4.79 Å². The molecule has 0 bridgehead atoms. The van der Waals surface area contributed by atoms with E-state index in [4.69, 9.17) is 33.7 Å². The lowest BCUT2D eigenvalue weighted by Crippen LogP contribution is -2.47. The van der Waals surface area contributed by atoms with E-state index in [1.165, 1.54) is 0 Å². The summed E-state index contributed by atoms with van der Waals surface area (Å²) in [6.07, 6.45) is 1.06. The van der Waals surface area contributed by atoms with Crippen LogP contribution in [0.1, 0.15) is 19.8 Å². The Hall–Kier alpha value is -0.970. The molecule has 0 spiro atoms. The van der Waals surface area contributed by atoms with Gasteiger partial charge in [0.25, 0.3) is 5.91 Å². The number of halogens is 2. The van der Waals surface area contributed by atoms with E-state index < -0.39 is 6.10 Å². The Morgan fingerprint density at radius 1 is 1.40 bits per heavy atom. The Kier molecular flexibility index (Phi) is 5.13. The fraction of sp³-hybridized carbons (Fsp3) is 0.500. The molecule has 1 heterocycles. The maximum Gasteiger partial charge on any atom is 0.263 e. The molecule has 20 heavy (non-hydrogen) atoms. The molecule has 2 N–H and O–H groups in total. The highest BCUT2D eigenvalue weighted by molar-refractivity contribution is 6.42. The zero-order chi connectivity index (χ0) is 14.7. The van der Waals surface area contributed by atoms with Gasteiger partial charge in [0.05, 0.1) is 5.02 Å². The first-order chi connectivity index (χ1) is 9.49. The predicted octanol–water partition coefficient (Wildman–Crippen LogP) is 2.71. The summed E-state index contributed by atoms with van der Waals surface area (Å²) in [4.78, 5) is 14.1. The van der Waals surface area contributed by atoms with Gasteiger partial charge in [0.2, 0.25) is 0 Å². The summed E-state index contributed by atoms with van der Waals surface area (Å²) >= 11 is 12.0. The van der Waals surface area contributed by atoms with Gasteiger partial charge in [-0.15, -0.1) is 0 Å². The van der Waals surface area contributed by atoms with Gasteiger partial charge in [0, 0.05) is 19.1 Å². The van der Waals surface area contributed by atoms with E-state index in [0.717, 1.165) is 12.8 Å². The molecule has 0 aromatic heterocycles. The molecule has 110 valence electrons. The smallest absolute Gasteiger partial charge is 0.263 e. The minimum absolute atomic E-state index is 0.0482. The number of hydrogen-bond donors (Lipinski definition) is 1. The molecule has 0 radical (unpaired) electrons. The van der Waals surface area contributed by atoms with E-state index in [-0.39, 0.29) is 11.9 Å². The molecule has 1 aliphatic heterocycles. The fourth-order valence-electron chi connectivity index (χ4n) is 2.19. The van der Waals surface area contributed by atoms with Crippen LogP contribution < -0.4 is 10.5 Å². The van der Waals surface area contributed by atoms with Crippen LogP contribution in [0.15, 0.2) is 18.2 Å². The minimum atomic E-state index is -0.597. The Morgan fingerprint density at radius 2 is 2.05 bits per heavy atom. The molecule has 2 rings (SSSR count). The van der Waals surface area contributed by atoms with Gasteiger partial charge >= 0.3 is 0 Å². The fourth-order valence-corrected chi connectivity index (χ4v) is 2.53. The maximum atomic E-state index is 12.3. The summed E-state index contributed by atoms with van der Waals surface area (Å²) in [6, 6.07) is 5.30. The number of benzene rings is 1. The molecule has 1 amide bonds. The third-order valence-corrected chi connectivity index (χ3v) is 4.22. The number of likely N-dealkylation sites (tertiary alicyclic amines) is 1. The molecule has 0 aliphatic carbocycles. The number of amides is 1. The van der Waals surface area contributed by atoms with Gasteiger partial charge in [0.1, 0.15) is 10.8 Å². The summed E-state index contributed by atoms with van der Waals surface area (Å²) in [6.45, 7) is 3.07. The molecule has 1 aromatic carbocycles. The first kappa shape index (κ1) is 15.4. The number of nitrogens with two attached hydrogens (primary N) is 1. The lowest BCUT2D eigenvalue weighted by Gasteiger charge is -2.32. The van der Waals surface area contributed by atoms with Gasteiger partial charge in [0.15, 0.2) is 6.10 Å². The van der Waals surface area contributed by atoms with Gasteiger partial charge < -0.3 is 15.4 Å². The largest absolute Gasteiger partial charge is 0.479 e. The van der Waals surface area contributed by atoms with Crippen molar-refractivity contribution in [2.45, 2.75) is 31.9 Å². The van der Waals surface area contributed by atoms with Crippen LogP contribution >= 0.6 is 23.2 Å². The number of carbonyl (C=O) groups is 1. The number of ether oxygens (including phenoxy) is 1. The van der Waals surface area contributed by atoms with Crippen molar-refractivity contribution in [1.82, 2.24) is 4.90 Å². The number of carbonyl (C=O) groups excluding carboxylic acids is 1. The number of rotatable bonds is 3. The van der Waals surface area contributed by atoms with Crippen molar-refractivity contribution >= 4 is 29.1 Å². The number of piperidine rings is 1. The monoisotopic (exact) mass is 316 g/mol. The van der Waals surface area contributed by atoms with Gasteiger partial charge in [-0.3, -0.25) is 4.79 Å². The minimum Gasteiger partial charge on any atom is -0.479 e. The van der Waals surface area contributed by atoms with Crippen LogP contribution in [0.25, 0.3) is 0 Å². The summed E-state index contributed by atoms with van der Waals surface area (Å²) in [5, 5.41) is 0.738. The van der Waals surface area contributed by atoms with Gasteiger partial charge in [-0.1, -0.05) is 29.3 Å². The molecule has 1 aromatic rings. The molecule has 1 fully saturated rings. The van der Waals surface area contributed by atoms with E-state index >= 15 is 0 Å². The first-order valence-corrected chi connectivity index (χ1v) is 7.39. The molecule has 0 unspecified atom stereocenters. The van der Waals surface area contributed by atoms with Crippen molar-refractivity contribution in [1.29, 1.82) is 0 Å². The van der Waals surface area contributed by atoms with Crippen molar-refractivity contribution < 1.29 is 9.53 Å². The van der Waals surface area contributed by atoms with E-state index in [1.54, 1.807) is 30.0 Å². The molecule has 1 atom stereocenters. The second-order valence-corrected chi connectivity index (χ2v) is 5.76. The molecule has 1 saturated heterocycles. The highest BCUT2D eigenvalue weighted by Gasteiger charge is 2.26. The highest BCUT2D eigenvalue weighted by Crippen LogP contribution is 2.32. The van der Waals surface area contributed by atoms with Gasteiger partial charge in [-0.25, -0.2) is 0 Å². The topological polar surface area (TPSA) is 55.6 Å². The van der Waals surface area contributed by atoms with Crippen LogP contribution in [0.2, 0.25) is 10.0 Å². The molecule has 4 nitrogen and oxygen atoms in total.